The standard InChI is InChI=1S/C24H28N4O3/c1-16-21(22(29)28-13-6-5-7-20(28)25-16)17-8-10-18(11-9-17)26-19-12-14-27(15-19)23(30)31-24(2,3)4/h5-11,13,19,26H,12,14-15H2,1-4H3/t19-/m1/s1. The minimum atomic E-state index is -0.493. The van der Waals surface area contributed by atoms with Crippen molar-refractivity contribution in [2.75, 3.05) is 18.4 Å². The van der Waals surface area contributed by atoms with Gasteiger partial charge in [-0.05, 0) is 63.9 Å². The van der Waals surface area contributed by atoms with Crippen LogP contribution < -0.4 is 10.9 Å². The summed E-state index contributed by atoms with van der Waals surface area (Å²) in [6, 6.07) is 13.5. The summed E-state index contributed by atoms with van der Waals surface area (Å²) in [5.41, 5.74) is 3.17. The number of benzene rings is 1. The number of carbonyl (C=O) groups excluding carboxylic acids is 1. The fraction of sp³-hybridized carbons (Fsp3) is 0.375. The second-order valence-corrected chi connectivity index (χ2v) is 8.94. The lowest BCUT2D eigenvalue weighted by atomic mass is 10.0. The maximum absolute atomic E-state index is 13.0. The number of anilines is 1. The van der Waals surface area contributed by atoms with E-state index in [1.165, 1.54) is 0 Å². The minimum Gasteiger partial charge on any atom is -0.444 e. The summed E-state index contributed by atoms with van der Waals surface area (Å²) >= 11 is 0. The third-order valence-electron chi connectivity index (χ3n) is 5.30. The molecule has 162 valence electrons. The van der Waals surface area contributed by atoms with E-state index in [1.807, 2.05) is 70.2 Å². The van der Waals surface area contributed by atoms with Crippen LogP contribution in [-0.4, -0.2) is 45.1 Å². The zero-order valence-corrected chi connectivity index (χ0v) is 18.4. The van der Waals surface area contributed by atoms with Crippen LogP contribution in [0.3, 0.4) is 0 Å². The van der Waals surface area contributed by atoms with Crippen molar-refractivity contribution in [2.24, 2.45) is 0 Å². The Morgan fingerprint density at radius 2 is 1.90 bits per heavy atom. The first-order valence-electron chi connectivity index (χ1n) is 10.5. The van der Waals surface area contributed by atoms with Crippen LogP contribution in [0.2, 0.25) is 0 Å². The molecule has 1 N–H and O–H groups in total. The van der Waals surface area contributed by atoms with Gasteiger partial charge in [0.1, 0.15) is 11.2 Å². The molecule has 7 nitrogen and oxygen atoms in total. The first-order valence-corrected chi connectivity index (χ1v) is 10.5. The molecule has 4 rings (SSSR count). The average Bonchev–Trinajstić information content (AvgIpc) is 3.17. The van der Waals surface area contributed by atoms with E-state index in [2.05, 4.69) is 10.3 Å². The first kappa shape index (κ1) is 20.9. The van der Waals surface area contributed by atoms with Crippen molar-refractivity contribution < 1.29 is 9.53 Å². The smallest absolute Gasteiger partial charge is 0.410 e. The number of hydrogen-bond acceptors (Lipinski definition) is 5. The van der Waals surface area contributed by atoms with Gasteiger partial charge in [-0.3, -0.25) is 9.20 Å². The molecule has 0 saturated carbocycles. The van der Waals surface area contributed by atoms with Gasteiger partial charge < -0.3 is 15.0 Å². The number of nitrogens with zero attached hydrogens (tertiary/aromatic N) is 3. The van der Waals surface area contributed by atoms with E-state index in [9.17, 15) is 9.59 Å². The monoisotopic (exact) mass is 420 g/mol. The van der Waals surface area contributed by atoms with E-state index in [-0.39, 0.29) is 17.7 Å². The van der Waals surface area contributed by atoms with Gasteiger partial charge in [-0.25, -0.2) is 9.78 Å². The summed E-state index contributed by atoms with van der Waals surface area (Å²) < 4.78 is 7.03. The number of nitrogens with one attached hydrogen (secondary N) is 1. The van der Waals surface area contributed by atoms with Gasteiger partial charge >= 0.3 is 6.09 Å². The van der Waals surface area contributed by atoms with E-state index in [4.69, 9.17) is 4.74 Å². The lowest BCUT2D eigenvalue weighted by molar-refractivity contribution is 0.0293. The zero-order valence-electron chi connectivity index (χ0n) is 18.4. The minimum absolute atomic E-state index is 0.0763. The number of likely N-dealkylation sites (tertiary alicyclic amines) is 1. The predicted molar refractivity (Wildman–Crippen MR) is 121 cm³/mol. The zero-order chi connectivity index (χ0) is 22.2. The van der Waals surface area contributed by atoms with Crippen LogP contribution >= 0.6 is 0 Å². The number of ether oxygens (including phenoxy) is 1. The molecule has 3 heterocycles. The lowest BCUT2D eigenvalue weighted by Gasteiger charge is -2.24. The van der Waals surface area contributed by atoms with E-state index < -0.39 is 5.60 Å². The summed E-state index contributed by atoms with van der Waals surface area (Å²) in [5.74, 6) is 0. The van der Waals surface area contributed by atoms with Gasteiger partial charge in [0.25, 0.3) is 5.56 Å². The lowest BCUT2D eigenvalue weighted by Crippen LogP contribution is -2.36. The predicted octanol–water partition coefficient (Wildman–Crippen LogP) is 4.09. The van der Waals surface area contributed by atoms with Gasteiger partial charge in [0.15, 0.2) is 0 Å². The van der Waals surface area contributed by atoms with Crippen molar-refractivity contribution in [1.29, 1.82) is 0 Å². The SMILES string of the molecule is Cc1nc2ccccn2c(=O)c1-c1ccc(N[C@@H]2CCN(C(=O)OC(C)(C)C)C2)cc1. The van der Waals surface area contributed by atoms with Gasteiger partial charge in [0.2, 0.25) is 0 Å². The molecular formula is C24H28N4O3. The van der Waals surface area contributed by atoms with Crippen LogP contribution in [0.25, 0.3) is 16.8 Å². The van der Waals surface area contributed by atoms with Crippen molar-refractivity contribution in [2.45, 2.75) is 45.8 Å². The van der Waals surface area contributed by atoms with Gasteiger partial charge in [-0.15, -0.1) is 0 Å². The molecule has 0 aliphatic carbocycles. The van der Waals surface area contributed by atoms with Crippen molar-refractivity contribution >= 4 is 17.4 Å². The molecular weight excluding hydrogens is 392 g/mol. The van der Waals surface area contributed by atoms with E-state index in [1.54, 1.807) is 15.5 Å². The van der Waals surface area contributed by atoms with Crippen molar-refractivity contribution in [3.63, 3.8) is 0 Å². The van der Waals surface area contributed by atoms with Crippen molar-refractivity contribution in [1.82, 2.24) is 14.3 Å². The Morgan fingerprint density at radius 3 is 2.61 bits per heavy atom. The van der Waals surface area contributed by atoms with Gasteiger partial charge in [-0.1, -0.05) is 18.2 Å². The summed E-state index contributed by atoms with van der Waals surface area (Å²) in [5, 5.41) is 3.48. The quantitative estimate of drug-likeness (QED) is 0.691. The maximum atomic E-state index is 13.0. The van der Waals surface area contributed by atoms with Crippen molar-refractivity contribution in [3.8, 4) is 11.1 Å². The van der Waals surface area contributed by atoms with Crippen LogP contribution in [0.4, 0.5) is 10.5 Å². The average molecular weight is 421 g/mol. The highest BCUT2D eigenvalue weighted by molar-refractivity contribution is 5.70. The van der Waals surface area contributed by atoms with Crippen LogP contribution in [0.15, 0.2) is 53.5 Å². The summed E-state index contributed by atoms with van der Waals surface area (Å²) in [6.45, 7) is 8.75. The molecule has 0 unspecified atom stereocenters. The Kier molecular flexibility index (Phi) is 5.43. The molecule has 1 fully saturated rings. The molecule has 1 atom stereocenters. The largest absolute Gasteiger partial charge is 0.444 e. The number of aromatic nitrogens is 2. The Hall–Kier alpha value is -3.35. The molecule has 1 aromatic carbocycles. The molecule has 1 saturated heterocycles. The molecule has 3 aromatic rings. The van der Waals surface area contributed by atoms with Crippen LogP contribution in [0, 0.1) is 6.92 Å². The molecule has 0 radical (unpaired) electrons. The van der Waals surface area contributed by atoms with Crippen molar-refractivity contribution in [3.05, 3.63) is 64.7 Å². The normalized spacial score (nSPS) is 16.5. The maximum Gasteiger partial charge on any atom is 0.410 e. The van der Waals surface area contributed by atoms with Gasteiger partial charge in [-0.2, -0.15) is 0 Å². The molecule has 0 spiro atoms. The molecule has 1 aliphatic heterocycles. The number of carbonyl (C=O) groups is 1. The highest BCUT2D eigenvalue weighted by Crippen LogP contribution is 2.23. The van der Waals surface area contributed by atoms with Crippen LogP contribution in [0.5, 0.6) is 0 Å². The Balaban J connectivity index is 1.47. The van der Waals surface area contributed by atoms with E-state index in [0.29, 0.717) is 30.0 Å². The molecule has 31 heavy (non-hydrogen) atoms. The van der Waals surface area contributed by atoms with Crippen LogP contribution in [-0.2, 0) is 4.74 Å². The summed E-state index contributed by atoms with van der Waals surface area (Å²) in [4.78, 5) is 31.5. The highest BCUT2D eigenvalue weighted by atomic mass is 16.6. The summed E-state index contributed by atoms with van der Waals surface area (Å²) in [6.07, 6.45) is 2.32. The first-order chi connectivity index (χ1) is 14.7. The molecule has 7 heteroatoms. The molecule has 2 aromatic heterocycles. The number of fused-ring (bicyclic) bond motifs is 1. The van der Waals surface area contributed by atoms with Crippen LogP contribution in [0.1, 0.15) is 32.9 Å². The number of pyridine rings is 1. The second-order valence-electron chi connectivity index (χ2n) is 8.94. The Labute approximate surface area is 181 Å². The summed E-state index contributed by atoms with van der Waals surface area (Å²) in [7, 11) is 0. The van der Waals surface area contributed by atoms with Gasteiger partial charge in [0, 0.05) is 31.0 Å². The fourth-order valence-electron chi connectivity index (χ4n) is 3.87. The molecule has 0 bridgehead atoms. The highest BCUT2D eigenvalue weighted by Gasteiger charge is 2.29. The number of rotatable bonds is 3. The van der Waals surface area contributed by atoms with Gasteiger partial charge in [0.05, 0.1) is 11.3 Å². The number of amides is 1. The fourth-order valence-corrected chi connectivity index (χ4v) is 3.87. The second kappa shape index (κ2) is 8.06. The third-order valence-corrected chi connectivity index (χ3v) is 5.30. The number of aryl methyl sites for hydroxylation is 1. The Bertz CT molecular complexity index is 1160. The molecule has 1 amide bonds. The Morgan fingerprint density at radius 1 is 1.16 bits per heavy atom. The van der Waals surface area contributed by atoms with E-state index >= 15 is 0 Å². The molecule has 1 aliphatic rings. The third kappa shape index (κ3) is 4.55. The number of hydrogen-bond donors (Lipinski definition) is 1. The topological polar surface area (TPSA) is 75.9 Å². The van der Waals surface area contributed by atoms with E-state index in [0.717, 1.165) is 17.7 Å².